The van der Waals surface area contributed by atoms with Crippen LogP contribution in [0.5, 0.6) is 0 Å². The van der Waals surface area contributed by atoms with Crippen molar-refractivity contribution in [1.82, 2.24) is 10.3 Å². The Balaban J connectivity index is 2.10. The van der Waals surface area contributed by atoms with Crippen molar-refractivity contribution in [2.24, 2.45) is 0 Å². The number of nitrogens with zero attached hydrogens (tertiary/aromatic N) is 1. The third kappa shape index (κ3) is 2.87. The topological polar surface area (TPSA) is 68.0 Å². The number of thiazole rings is 1. The first-order valence-corrected chi connectivity index (χ1v) is 6.28. The van der Waals surface area contributed by atoms with Gasteiger partial charge in [-0.15, -0.1) is 11.3 Å². The highest BCUT2D eigenvalue weighted by Gasteiger charge is 2.13. The van der Waals surface area contributed by atoms with Crippen LogP contribution in [-0.2, 0) is 6.54 Å². The highest BCUT2D eigenvalue weighted by molar-refractivity contribution is 7.09. The van der Waals surface area contributed by atoms with Crippen molar-refractivity contribution < 1.29 is 13.6 Å². The van der Waals surface area contributed by atoms with Gasteiger partial charge in [0.05, 0.1) is 17.7 Å². The van der Waals surface area contributed by atoms with Crippen LogP contribution in [0, 0.1) is 18.6 Å². The van der Waals surface area contributed by atoms with Gasteiger partial charge >= 0.3 is 0 Å². The van der Waals surface area contributed by atoms with Crippen molar-refractivity contribution in [2.45, 2.75) is 13.5 Å². The zero-order valence-electron chi connectivity index (χ0n) is 10.0. The number of carbonyl (C=O) groups excluding carboxylic acids is 1. The van der Waals surface area contributed by atoms with Crippen LogP contribution in [0.3, 0.4) is 0 Å². The number of carbonyl (C=O) groups is 1. The van der Waals surface area contributed by atoms with Gasteiger partial charge in [0, 0.05) is 10.4 Å². The largest absolute Gasteiger partial charge is 0.394 e. The summed E-state index contributed by atoms with van der Waals surface area (Å²) in [7, 11) is 0. The van der Waals surface area contributed by atoms with Crippen molar-refractivity contribution >= 4 is 22.9 Å². The molecule has 2 rings (SSSR count). The van der Waals surface area contributed by atoms with Crippen LogP contribution in [0.15, 0.2) is 17.6 Å². The van der Waals surface area contributed by atoms with Gasteiger partial charge in [0.25, 0.3) is 5.91 Å². The maximum absolute atomic E-state index is 13.2. The van der Waals surface area contributed by atoms with Gasteiger partial charge in [0.2, 0.25) is 0 Å². The molecule has 0 aliphatic rings. The van der Waals surface area contributed by atoms with Crippen molar-refractivity contribution in [3.63, 3.8) is 0 Å². The normalized spacial score (nSPS) is 10.5. The molecule has 7 heteroatoms. The van der Waals surface area contributed by atoms with Crippen LogP contribution in [-0.4, -0.2) is 10.9 Å². The van der Waals surface area contributed by atoms with E-state index in [2.05, 4.69) is 10.3 Å². The van der Waals surface area contributed by atoms with E-state index in [1.165, 1.54) is 11.3 Å². The summed E-state index contributed by atoms with van der Waals surface area (Å²) in [5.74, 6) is -2.45. The fourth-order valence-corrected chi connectivity index (χ4v) is 2.19. The Bertz CT molecular complexity index is 604. The molecule has 0 atom stereocenters. The number of hydrogen-bond acceptors (Lipinski definition) is 4. The first-order chi connectivity index (χ1) is 8.99. The molecule has 2 aromatic rings. The van der Waals surface area contributed by atoms with E-state index < -0.39 is 23.2 Å². The minimum absolute atomic E-state index is 0.105. The van der Waals surface area contributed by atoms with Crippen LogP contribution in [0.4, 0.5) is 14.5 Å². The summed E-state index contributed by atoms with van der Waals surface area (Å²) >= 11 is 1.40. The Morgan fingerprint density at radius 1 is 1.42 bits per heavy atom. The lowest BCUT2D eigenvalue weighted by atomic mass is 10.1. The summed E-state index contributed by atoms with van der Waals surface area (Å²) in [6.07, 6.45) is 0. The Kier molecular flexibility index (Phi) is 3.75. The smallest absolute Gasteiger partial charge is 0.251 e. The lowest BCUT2D eigenvalue weighted by Crippen LogP contribution is -2.23. The molecule has 0 saturated heterocycles. The number of nitrogens with two attached hydrogens (primary N) is 1. The monoisotopic (exact) mass is 283 g/mol. The molecular weight excluding hydrogens is 272 g/mol. The Labute approximate surface area is 112 Å². The number of nitrogens with one attached hydrogen (secondary N) is 1. The van der Waals surface area contributed by atoms with Gasteiger partial charge in [-0.2, -0.15) is 0 Å². The number of hydrogen-bond donors (Lipinski definition) is 2. The molecule has 0 fully saturated rings. The second-order valence-corrected chi connectivity index (χ2v) is 4.84. The number of aromatic nitrogens is 1. The van der Waals surface area contributed by atoms with E-state index in [-0.39, 0.29) is 12.1 Å². The molecule has 1 heterocycles. The first kappa shape index (κ1) is 13.4. The van der Waals surface area contributed by atoms with E-state index in [9.17, 15) is 13.6 Å². The summed E-state index contributed by atoms with van der Waals surface area (Å²) in [5.41, 5.74) is 6.93. The van der Waals surface area contributed by atoms with Gasteiger partial charge in [-0.05, 0) is 19.1 Å². The van der Waals surface area contributed by atoms with E-state index in [1.807, 2.05) is 6.92 Å². The van der Waals surface area contributed by atoms with Crippen LogP contribution in [0.2, 0.25) is 0 Å². The molecule has 1 aromatic heterocycles. The predicted octanol–water partition coefficient (Wildman–Crippen LogP) is 2.24. The molecule has 0 spiro atoms. The van der Waals surface area contributed by atoms with Gasteiger partial charge in [0.15, 0.2) is 0 Å². The fraction of sp³-hybridized carbons (Fsp3) is 0.167. The number of amides is 1. The third-order valence-electron chi connectivity index (χ3n) is 2.60. The Morgan fingerprint density at radius 3 is 2.58 bits per heavy atom. The molecule has 1 amide bonds. The maximum Gasteiger partial charge on any atom is 0.251 e. The molecule has 3 N–H and O–H groups in total. The molecule has 0 unspecified atom stereocenters. The highest BCUT2D eigenvalue weighted by atomic mass is 32.1. The molecule has 0 radical (unpaired) electrons. The molecule has 19 heavy (non-hydrogen) atoms. The summed E-state index contributed by atoms with van der Waals surface area (Å²) in [4.78, 5) is 16.7. The summed E-state index contributed by atoms with van der Waals surface area (Å²) in [6, 6.07) is 1.82. The second-order valence-electron chi connectivity index (χ2n) is 3.90. The summed E-state index contributed by atoms with van der Waals surface area (Å²) < 4.78 is 26.5. The van der Waals surface area contributed by atoms with Gasteiger partial charge in [-0.1, -0.05) is 0 Å². The van der Waals surface area contributed by atoms with Crippen molar-refractivity contribution in [3.8, 4) is 0 Å². The number of rotatable bonds is 3. The van der Waals surface area contributed by atoms with Crippen LogP contribution < -0.4 is 11.1 Å². The Morgan fingerprint density at radius 2 is 2.05 bits per heavy atom. The maximum atomic E-state index is 13.2. The minimum Gasteiger partial charge on any atom is -0.394 e. The average molecular weight is 283 g/mol. The van der Waals surface area contributed by atoms with Gasteiger partial charge in [0.1, 0.15) is 17.3 Å². The fourth-order valence-electron chi connectivity index (χ4n) is 1.47. The number of anilines is 1. The molecule has 0 bridgehead atoms. The van der Waals surface area contributed by atoms with Gasteiger partial charge in [-0.3, -0.25) is 4.79 Å². The number of halogens is 2. The predicted molar refractivity (Wildman–Crippen MR) is 68.8 cm³/mol. The van der Waals surface area contributed by atoms with Crippen molar-refractivity contribution in [1.29, 1.82) is 0 Å². The average Bonchev–Trinajstić information content (AvgIpc) is 2.78. The standard InChI is InChI=1S/C12H11F2N3OS/c1-6-10(19-5-17-6)4-16-12(18)7-2-8(13)11(15)9(14)3-7/h2-3,5H,4,15H2,1H3,(H,16,18). The first-order valence-electron chi connectivity index (χ1n) is 5.40. The lowest BCUT2D eigenvalue weighted by molar-refractivity contribution is 0.0950. The summed E-state index contributed by atoms with van der Waals surface area (Å²) in [5, 5.41) is 2.57. The van der Waals surface area contributed by atoms with Crippen molar-refractivity contribution in [2.75, 3.05) is 5.73 Å². The van der Waals surface area contributed by atoms with Crippen molar-refractivity contribution in [3.05, 3.63) is 45.4 Å². The van der Waals surface area contributed by atoms with E-state index in [1.54, 1.807) is 5.51 Å². The highest BCUT2D eigenvalue weighted by Crippen LogP contribution is 2.17. The lowest BCUT2D eigenvalue weighted by Gasteiger charge is -2.06. The van der Waals surface area contributed by atoms with Crippen LogP contribution >= 0.6 is 11.3 Å². The Hall–Kier alpha value is -2.02. The molecule has 0 aliphatic heterocycles. The SMILES string of the molecule is Cc1ncsc1CNC(=O)c1cc(F)c(N)c(F)c1. The van der Waals surface area contributed by atoms with Crippen LogP contribution in [0.1, 0.15) is 20.9 Å². The quantitative estimate of drug-likeness (QED) is 0.849. The summed E-state index contributed by atoms with van der Waals surface area (Å²) in [6.45, 7) is 2.09. The molecule has 4 nitrogen and oxygen atoms in total. The molecule has 100 valence electrons. The number of aryl methyl sites for hydroxylation is 1. The van der Waals surface area contributed by atoms with E-state index in [4.69, 9.17) is 5.73 Å². The molecule has 0 saturated carbocycles. The minimum atomic E-state index is -0.945. The zero-order valence-corrected chi connectivity index (χ0v) is 10.9. The molecule has 1 aromatic carbocycles. The van der Waals surface area contributed by atoms with Crippen LogP contribution in [0.25, 0.3) is 0 Å². The van der Waals surface area contributed by atoms with Gasteiger partial charge in [-0.25, -0.2) is 13.8 Å². The second kappa shape index (κ2) is 5.31. The van der Waals surface area contributed by atoms with E-state index in [0.29, 0.717) is 0 Å². The third-order valence-corrected chi connectivity index (χ3v) is 3.53. The zero-order chi connectivity index (χ0) is 14.0. The van der Waals surface area contributed by atoms with Gasteiger partial charge < -0.3 is 11.1 Å². The molecular formula is C12H11F2N3OS. The van der Waals surface area contributed by atoms with E-state index in [0.717, 1.165) is 22.7 Å². The number of nitrogen functional groups attached to an aromatic ring is 1. The van der Waals surface area contributed by atoms with E-state index >= 15 is 0 Å². The number of benzene rings is 1. The molecule has 0 aliphatic carbocycles.